The summed E-state index contributed by atoms with van der Waals surface area (Å²) in [6.07, 6.45) is 18.9. The van der Waals surface area contributed by atoms with Crippen molar-refractivity contribution in [2.75, 3.05) is 0 Å². The Kier molecular flexibility index (Phi) is 15.5. The van der Waals surface area contributed by atoms with E-state index >= 15 is 0 Å². The Bertz CT molecular complexity index is 268. The lowest BCUT2D eigenvalue weighted by Gasteiger charge is -2.02. The minimum absolute atomic E-state index is 1.20. The first kappa shape index (κ1) is 19.1. The van der Waals surface area contributed by atoms with Crippen LogP contribution in [0.4, 0.5) is 0 Å². The second-order valence-corrected chi connectivity index (χ2v) is 5.65. The summed E-state index contributed by atoms with van der Waals surface area (Å²) < 4.78 is 0. The van der Waals surface area contributed by atoms with Crippen molar-refractivity contribution in [1.82, 2.24) is 4.98 Å². The number of aryl methyl sites for hydroxylation is 1. The minimum atomic E-state index is 1.20. The largest absolute Gasteiger partial charge is 0.264 e. The third-order valence-corrected chi connectivity index (χ3v) is 3.29. The lowest BCUT2D eigenvalue weighted by Crippen LogP contribution is -1.87. The van der Waals surface area contributed by atoms with E-state index in [4.69, 9.17) is 0 Å². The molecule has 0 amide bonds. The molecule has 0 unspecified atom stereocenters. The molecular formula is C19H35N. The first-order valence-corrected chi connectivity index (χ1v) is 8.74. The highest BCUT2D eigenvalue weighted by Gasteiger charge is 1.94. The highest BCUT2D eigenvalue weighted by atomic mass is 14.6. The van der Waals surface area contributed by atoms with E-state index in [0.29, 0.717) is 0 Å². The van der Waals surface area contributed by atoms with Crippen molar-refractivity contribution < 1.29 is 0 Å². The quantitative estimate of drug-likeness (QED) is 0.441. The van der Waals surface area contributed by atoms with Gasteiger partial charge in [0.1, 0.15) is 0 Å². The summed E-state index contributed by atoms with van der Waals surface area (Å²) in [7, 11) is 0. The third kappa shape index (κ3) is 13.6. The molecule has 0 aromatic carbocycles. The Morgan fingerprint density at radius 2 is 1.35 bits per heavy atom. The van der Waals surface area contributed by atoms with Gasteiger partial charge in [-0.15, -0.1) is 0 Å². The smallest absolute Gasteiger partial charge is 0.0299 e. The monoisotopic (exact) mass is 277 g/mol. The molecule has 0 spiro atoms. The van der Waals surface area contributed by atoms with Crippen molar-refractivity contribution >= 4 is 0 Å². The Labute approximate surface area is 127 Å². The zero-order chi connectivity index (χ0) is 14.9. The van der Waals surface area contributed by atoms with Crippen LogP contribution in [0, 0.1) is 0 Å². The van der Waals surface area contributed by atoms with Crippen LogP contribution in [-0.2, 0) is 6.42 Å². The predicted molar refractivity (Wildman–Crippen MR) is 91.1 cm³/mol. The lowest BCUT2D eigenvalue weighted by molar-refractivity contribution is 0.564. The molecule has 0 aliphatic heterocycles. The van der Waals surface area contributed by atoms with E-state index in [1.807, 2.05) is 18.5 Å². The summed E-state index contributed by atoms with van der Waals surface area (Å²) in [6.45, 7) is 6.53. The maximum atomic E-state index is 4.14. The standard InChI is InChI=1S/C16H27N.C3H8/c1-2-3-4-5-6-7-8-9-10-12-16-13-11-14-17-15-16;1-3-2/h11,13-15H,2-10,12H2,1H3;3H2,1-2H3. The normalized spacial score (nSPS) is 9.95. The van der Waals surface area contributed by atoms with Gasteiger partial charge in [-0.05, 0) is 24.5 Å². The Morgan fingerprint density at radius 3 is 1.85 bits per heavy atom. The van der Waals surface area contributed by atoms with Crippen LogP contribution >= 0.6 is 0 Å². The predicted octanol–water partition coefficient (Wildman–Crippen LogP) is 6.57. The minimum Gasteiger partial charge on any atom is -0.264 e. The zero-order valence-corrected chi connectivity index (χ0v) is 14.0. The van der Waals surface area contributed by atoms with E-state index in [1.165, 1.54) is 76.2 Å². The maximum absolute atomic E-state index is 4.14. The number of hydrogen-bond donors (Lipinski definition) is 0. The van der Waals surface area contributed by atoms with Crippen LogP contribution in [0.3, 0.4) is 0 Å². The highest BCUT2D eigenvalue weighted by molar-refractivity contribution is 5.08. The molecule has 0 bridgehead atoms. The van der Waals surface area contributed by atoms with Gasteiger partial charge in [0.05, 0.1) is 0 Å². The molecule has 1 aromatic heterocycles. The van der Waals surface area contributed by atoms with E-state index in [2.05, 4.69) is 31.8 Å². The first-order chi connectivity index (χ1) is 9.85. The van der Waals surface area contributed by atoms with Gasteiger partial charge in [0.2, 0.25) is 0 Å². The van der Waals surface area contributed by atoms with Crippen molar-refractivity contribution in [3.8, 4) is 0 Å². The molecule has 20 heavy (non-hydrogen) atoms. The van der Waals surface area contributed by atoms with Crippen molar-refractivity contribution in [3.05, 3.63) is 30.1 Å². The summed E-state index contributed by atoms with van der Waals surface area (Å²) in [5, 5.41) is 0. The molecule has 1 aromatic rings. The summed E-state index contributed by atoms with van der Waals surface area (Å²) in [6, 6.07) is 4.21. The van der Waals surface area contributed by atoms with Crippen LogP contribution < -0.4 is 0 Å². The fraction of sp³-hybridized carbons (Fsp3) is 0.737. The molecule has 0 aliphatic rings. The van der Waals surface area contributed by atoms with Gasteiger partial charge in [0.25, 0.3) is 0 Å². The second-order valence-electron chi connectivity index (χ2n) is 5.65. The summed E-state index contributed by atoms with van der Waals surface area (Å²) in [5.74, 6) is 0. The third-order valence-electron chi connectivity index (χ3n) is 3.29. The summed E-state index contributed by atoms with van der Waals surface area (Å²) in [5.41, 5.74) is 1.38. The molecule has 0 fully saturated rings. The molecule has 0 radical (unpaired) electrons. The first-order valence-electron chi connectivity index (χ1n) is 8.74. The molecular weight excluding hydrogens is 242 g/mol. The van der Waals surface area contributed by atoms with Crippen LogP contribution in [0.15, 0.2) is 24.5 Å². The van der Waals surface area contributed by atoms with Gasteiger partial charge in [-0.2, -0.15) is 0 Å². The number of unbranched alkanes of at least 4 members (excludes halogenated alkanes) is 8. The van der Waals surface area contributed by atoms with Crippen LogP contribution in [0.2, 0.25) is 0 Å². The molecule has 0 aliphatic carbocycles. The van der Waals surface area contributed by atoms with E-state index in [9.17, 15) is 0 Å². The average Bonchev–Trinajstić information content (AvgIpc) is 2.47. The summed E-state index contributed by atoms with van der Waals surface area (Å²) >= 11 is 0. The number of aromatic nitrogens is 1. The molecule has 1 heterocycles. The molecule has 0 N–H and O–H groups in total. The molecule has 1 heteroatoms. The number of pyridine rings is 1. The molecule has 1 rings (SSSR count). The maximum Gasteiger partial charge on any atom is 0.0299 e. The Hall–Kier alpha value is -0.850. The van der Waals surface area contributed by atoms with Crippen LogP contribution in [0.25, 0.3) is 0 Å². The van der Waals surface area contributed by atoms with Crippen molar-refractivity contribution in [1.29, 1.82) is 0 Å². The number of nitrogens with zero attached hydrogens (tertiary/aromatic N) is 1. The molecule has 0 saturated carbocycles. The number of rotatable bonds is 10. The van der Waals surface area contributed by atoms with E-state index in [1.54, 1.807) is 0 Å². The topological polar surface area (TPSA) is 12.9 Å². The van der Waals surface area contributed by atoms with Gasteiger partial charge in [0.15, 0.2) is 0 Å². The van der Waals surface area contributed by atoms with Gasteiger partial charge in [-0.25, -0.2) is 0 Å². The lowest BCUT2D eigenvalue weighted by atomic mass is 10.0. The Morgan fingerprint density at radius 1 is 0.800 bits per heavy atom. The van der Waals surface area contributed by atoms with Gasteiger partial charge < -0.3 is 0 Å². The van der Waals surface area contributed by atoms with E-state index < -0.39 is 0 Å². The van der Waals surface area contributed by atoms with Gasteiger partial charge in [0, 0.05) is 12.4 Å². The molecule has 116 valence electrons. The van der Waals surface area contributed by atoms with E-state index in [0.717, 1.165) is 0 Å². The average molecular weight is 277 g/mol. The van der Waals surface area contributed by atoms with E-state index in [-0.39, 0.29) is 0 Å². The molecule has 0 atom stereocenters. The Balaban J connectivity index is 0.00000110. The fourth-order valence-corrected chi connectivity index (χ4v) is 2.19. The van der Waals surface area contributed by atoms with Crippen molar-refractivity contribution in [2.24, 2.45) is 0 Å². The number of hydrogen-bond acceptors (Lipinski definition) is 1. The summed E-state index contributed by atoms with van der Waals surface area (Å²) in [4.78, 5) is 4.14. The second kappa shape index (κ2) is 16.2. The van der Waals surface area contributed by atoms with Crippen LogP contribution in [0.1, 0.15) is 90.5 Å². The molecule has 1 nitrogen and oxygen atoms in total. The fourth-order valence-electron chi connectivity index (χ4n) is 2.19. The van der Waals surface area contributed by atoms with Crippen molar-refractivity contribution in [2.45, 2.75) is 91.4 Å². The zero-order valence-electron chi connectivity index (χ0n) is 14.0. The van der Waals surface area contributed by atoms with Crippen LogP contribution in [-0.4, -0.2) is 4.98 Å². The van der Waals surface area contributed by atoms with Gasteiger partial charge in [-0.1, -0.05) is 84.6 Å². The van der Waals surface area contributed by atoms with Gasteiger partial charge >= 0.3 is 0 Å². The SMILES string of the molecule is CCC.CCCCCCCCCCCc1cccnc1. The highest BCUT2D eigenvalue weighted by Crippen LogP contribution is 2.11. The molecule has 0 saturated heterocycles. The van der Waals surface area contributed by atoms with Crippen LogP contribution in [0.5, 0.6) is 0 Å². The van der Waals surface area contributed by atoms with Gasteiger partial charge in [-0.3, -0.25) is 4.98 Å². The van der Waals surface area contributed by atoms with Crippen molar-refractivity contribution in [3.63, 3.8) is 0 Å².